The van der Waals surface area contributed by atoms with E-state index in [1.54, 1.807) is 0 Å². The van der Waals surface area contributed by atoms with Gasteiger partial charge in [-0.3, -0.25) is 4.79 Å². The first-order valence-electron chi connectivity index (χ1n) is 4.47. The van der Waals surface area contributed by atoms with Crippen LogP contribution in [0.1, 0.15) is 27.2 Å². The molecule has 0 aliphatic carbocycles. The maximum Gasteiger partial charge on any atom is 0.321 e. The Morgan fingerprint density at radius 1 is 1.36 bits per heavy atom. The van der Waals surface area contributed by atoms with Gasteiger partial charge >= 0.3 is 5.97 Å². The van der Waals surface area contributed by atoms with Crippen molar-refractivity contribution < 1.29 is 18.3 Å². The number of nitrogens with one attached hydrogen (secondary N) is 1. The average Bonchev–Trinajstić information content (AvgIpc) is 2.00. The molecule has 0 aromatic carbocycles. The van der Waals surface area contributed by atoms with E-state index in [1.165, 1.54) is 6.92 Å². The predicted molar refractivity (Wildman–Crippen MR) is 53.5 cm³/mol. The predicted octanol–water partition coefficient (Wildman–Crippen LogP) is 0.425. The quantitative estimate of drug-likeness (QED) is 0.683. The summed E-state index contributed by atoms with van der Waals surface area (Å²) in [4.78, 5) is 10.4. The molecule has 0 unspecified atom stereocenters. The Bertz CT molecular complexity index is 284. The molecule has 0 heterocycles. The van der Waals surface area contributed by atoms with Gasteiger partial charge in [0.25, 0.3) is 0 Å². The lowest BCUT2D eigenvalue weighted by Gasteiger charge is -2.10. The number of sulfonamides is 1. The van der Waals surface area contributed by atoms with Crippen LogP contribution in [0.4, 0.5) is 0 Å². The van der Waals surface area contributed by atoms with Gasteiger partial charge in [0.1, 0.15) is 6.04 Å². The molecule has 14 heavy (non-hydrogen) atoms. The molecule has 0 saturated heterocycles. The molecule has 0 bridgehead atoms. The van der Waals surface area contributed by atoms with Crippen molar-refractivity contribution in [3.8, 4) is 0 Å². The van der Waals surface area contributed by atoms with Gasteiger partial charge in [-0.2, -0.15) is 0 Å². The van der Waals surface area contributed by atoms with Crippen molar-refractivity contribution >= 4 is 16.0 Å². The van der Waals surface area contributed by atoms with Crippen molar-refractivity contribution in [1.82, 2.24) is 4.72 Å². The molecule has 0 fully saturated rings. The fourth-order valence-electron chi connectivity index (χ4n) is 0.770. The summed E-state index contributed by atoms with van der Waals surface area (Å²) in [6, 6.07) is -1.06. The van der Waals surface area contributed by atoms with E-state index in [2.05, 4.69) is 4.72 Å². The largest absolute Gasteiger partial charge is 0.480 e. The number of carbonyl (C=O) groups is 1. The van der Waals surface area contributed by atoms with Gasteiger partial charge in [-0.1, -0.05) is 13.8 Å². The molecular weight excluding hydrogens is 206 g/mol. The molecule has 0 amide bonds. The fourth-order valence-corrected chi connectivity index (χ4v) is 2.31. The van der Waals surface area contributed by atoms with E-state index in [1.807, 2.05) is 13.8 Å². The highest BCUT2D eigenvalue weighted by molar-refractivity contribution is 7.89. The summed E-state index contributed by atoms with van der Waals surface area (Å²) < 4.78 is 24.6. The van der Waals surface area contributed by atoms with Gasteiger partial charge in [-0.25, -0.2) is 13.1 Å². The van der Waals surface area contributed by atoms with Crippen LogP contribution in [-0.4, -0.2) is 31.3 Å². The molecule has 0 saturated carbocycles. The van der Waals surface area contributed by atoms with Gasteiger partial charge in [-0.15, -0.1) is 0 Å². The molecule has 0 rings (SSSR count). The number of hydrogen-bond acceptors (Lipinski definition) is 3. The molecule has 84 valence electrons. The molecule has 0 aromatic heterocycles. The lowest BCUT2D eigenvalue weighted by Crippen LogP contribution is -2.39. The third-order valence-electron chi connectivity index (χ3n) is 1.69. The van der Waals surface area contributed by atoms with E-state index < -0.39 is 22.0 Å². The first-order valence-corrected chi connectivity index (χ1v) is 6.12. The van der Waals surface area contributed by atoms with Crippen LogP contribution in [0.25, 0.3) is 0 Å². The lowest BCUT2D eigenvalue weighted by atomic mass is 10.2. The summed E-state index contributed by atoms with van der Waals surface area (Å²) in [7, 11) is -3.45. The number of carboxylic acids is 1. The minimum atomic E-state index is -3.45. The van der Waals surface area contributed by atoms with Crippen molar-refractivity contribution in [2.24, 2.45) is 5.92 Å². The third-order valence-corrected chi connectivity index (χ3v) is 3.18. The maximum absolute atomic E-state index is 11.3. The first kappa shape index (κ1) is 13.4. The van der Waals surface area contributed by atoms with Crippen LogP contribution in [0.5, 0.6) is 0 Å². The van der Waals surface area contributed by atoms with Crippen molar-refractivity contribution in [2.45, 2.75) is 33.2 Å². The van der Waals surface area contributed by atoms with Crippen molar-refractivity contribution in [1.29, 1.82) is 0 Å². The summed E-state index contributed by atoms with van der Waals surface area (Å²) in [6.07, 6.45) is 0.529. The van der Waals surface area contributed by atoms with Gasteiger partial charge in [-0.05, 0) is 19.3 Å². The van der Waals surface area contributed by atoms with Crippen molar-refractivity contribution in [3.05, 3.63) is 0 Å². The number of hydrogen-bond donors (Lipinski definition) is 2. The van der Waals surface area contributed by atoms with E-state index in [4.69, 9.17) is 5.11 Å². The second kappa shape index (κ2) is 5.31. The van der Waals surface area contributed by atoms with E-state index in [0.717, 1.165) is 0 Å². The minimum absolute atomic E-state index is 0.0255. The molecule has 5 nitrogen and oxygen atoms in total. The third kappa shape index (κ3) is 5.93. The first-order chi connectivity index (χ1) is 6.24. The molecule has 0 spiro atoms. The van der Waals surface area contributed by atoms with Gasteiger partial charge in [0, 0.05) is 0 Å². The molecule has 0 radical (unpaired) electrons. The van der Waals surface area contributed by atoms with Crippen LogP contribution in [-0.2, 0) is 14.8 Å². The van der Waals surface area contributed by atoms with Crippen LogP contribution in [0.2, 0.25) is 0 Å². The monoisotopic (exact) mass is 223 g/mol. The topological polar surface area (TPSA) is 83.5 Å². The highest BCUT2D eigenvalue weighted by atomic mass is 32.2. The Labute approximate surface area is 84.6 Å². The zero-order valence-corrected chi connectivity index (χ0v) is 9.47. The fraction of sp³-hybridized carbons (Fsp3) is 0.875. The van der Waals surface area contributed by atoms with E-state index >= 15 is 0 Å². The van der Waals surface area contributed by atoms with Gasteiger partial charge in [0.05, 0.1) is 5.75 Å². The standard InChI is InChI=1S/C8H17NO4S/c1-6(2)4-5-14(12,13)9-7(3)8(10)11/h6-7,9H,4-5H2,1-3H3,(H,10,11)/t7-/m1/s1. The summed E-state index contributed by atoms with van der Waals surface area (Å²) in [5, 5.41) is 8.50. The van der Waals surface area contributed by atoms with Crippen LogP contribution in [0, 0.1) is 5.92 Å². The summed E-state index contributed by atoms with van der Waals surface area (Å²) in [6.45, 7) is 5.13. The van der Waals surface area contributed by atoms with Crippen molar-refractivity contribution in [3.63, 3.8) is 0 Å². The molecule has 0 aliphatic rings. The SMILES string of the molecule is CC(C)CCS(=O)(=O)N[C@H](C)C(=O)O. The second-order valence-corrected chi connectivity index (χ2v) is 5.55. The lowest BCUT2D eigenvalue weighted by molar-refractivity contribution is -0.138. The highest BCUT2D eigenvalue weighted by Gasteiger charge is 2.19. The van der Waals surface area contributed by atoms with Gasteiger partial charge in [0.2, 0.25) is 10.0 Å². The van der Waals surface area contributed by atoms with Crippen LogP contribution in [0.15, 0.2) is 0 Å². The zero-order chi connectivity index (χ0) is 11.4. The Morgan fingerprint density at radius 2 is 1.86 bits per heavy atom. The normalized spacial score (nSPS) is 14.3. The Balaban J connectivity index is 4.15. The smallest absolute Gasteiger partial charge is 0.321 e. The molecule has 2 N–H and O–H groups in total. The van der Waals surface area contributed by atoms with Crippen LogP contribution < -0.4 is 4.72 Å². The Morgan fingerprint density at radius 3 is 2.21 bits per heavy atom. The number of carboxylic acid groups (broad SMARTS) is 1. The van der Waals surface area contributed by atoms with Crippen LogP contribution >= 0.6 is 0 Å². The summed E-state index contributed by atoms with van der Waals surface area (Å²) >= 11 is 0. The van der Waals surface area contributed by atoms with Crippen LogP contribution in [0.3, 0.4) is 0 Å². The van der Waals surface area contributed by atoms with Gasteiger partial charge < -0.3 is 5.11 Å². The molecule has 0 aliphatic heterocycles. The van der Waals surface area contributed by atoms with E-state index in [-0.39, 0.29) is 11.7 Å². The molecule has 6 heteroatoms. The Kier molecular flexibility index (Phi) is 5.07. The molecule has 0 aromatic rings. The molecule has 1 atom stereocenters. The van der Waals surface area contributed by atoms with E-state index in [0.29, 0.717) is 6.42 Å². The zero-order valence-electron chi connectivity index (χ0n) is 8.65. The number of aliphatic carboxylic acids is 1. The van der Waals surface area contributed by atoms with E-state index in [9.17, 15) is 13.2 Å². The van der Waals surface area contributed by atoms with Gasteiger partial charge in [0.15, 0.2) is 0 Å². The Hall–Kier alpha value is -0.620. The summed E-state index contributed by atoms with van der Waals surface area (Å²) in [5.41, 5.74) is 0. The van der Waals surface area contributed by atoms with Crippen molar-refractivity contribution in [2.75, 3.05) is 5.75 Å². The molecular formula is C8H17NO4S. The average molecular weight is 223 g/mol. The summed E-state index contributed by atoms with van der Waals surface area (Å²) in [5.74, 6) is -0.910. The highest BCUT2D eigenvalue weighted by Crippen LogP contribution is 2.02. The number of rotatable bonds is 6. The second-order valence-electron chi connectivity index (χ2n) is 3.68. The maximum atomic E-state index is 11.3. The minimum Gasteiger partial charge on any atom is -0.480 e.